The van der Waals surface area contributed by atoms with Crippen LogP contribution in [-0.2, 0) is 14.8 Å². The second-order valence-electron chi connectivity index (χ2n) is 4.28. The average molecular weight is 326 g/mol. The lowest BCUT2D eigenvalue weighted by Crippen LogP contribution is -2.15. The molecule has 0 amide bonds. The number of carbonyl (C=O) groups excluding carboxylic acids is 1. The Labute approximate surface area is 126 Å². The van der Waals surface area contributed by atoms with E-state index in [-0.39, 0.29) is 9.77 Å². The fraction of sp³-hybridized carbons (Fsp3) is 0.154. The molecule has 6 nitrogen and oxygen atoms in total. The van der Waals surface area contributed by atoms with Gasteiger partial charge in [0.1, 0.15) is 9.77 Å². The number of ether oxygens (including phenoxy) is 1. The average Bonchev–Trinajstić information content (AvgIpc) is 2.92. The van der Waals surface area contributed by atoms with E-state index in [0.29, 0.717) is 11.4 Å². The number of carbonyl (C=O) groups is 1. The van der Waals surface area contributed by atoms with Crippen LogP contribution in [0.1, 0.15) is 15.2 Å². The Balaban J connectivity index is 2.37. The molecule has 1 aromatic heterocycles. The normalized spacial score (nSPS) is 11.1. The highest BCUT2D eigenvalue weighted by molar-refractivity contribution is 7.93. The van der Waals surface area contributed by atoms with Gasteiger partial charge in [-0.1, -0.05) is 6.07 Å². The number of nitrogens with two attached hydrogens (primary N) is 1. The van der Waals surface area contributed by atoms with E-state index in [2.05, 4.69) is 9.46 Å². The topological polar surface area (TPSA) is 98.5 Å². The predicted octanol–water partition coefficient (Wildman–Crippen LogP) is 2.23. The molecule has 0 saturated heterocycles. The number of anilines is 2. The van der Waals surface area contributed by atoms with Crippen molar-refractivity contribution in [3.63, 3.8) is 0 Å². The van der Waals surface area contributed by atoms with Crippen molar-refractivity contribution < 1.29 is 17.9 Å². The van der Waals surface area contributed by atoms with E-state index in [9.17, 15) is 13.2 Å². The minimum Gasteiger partial charge on any atom is -0.465 e. The second-order valence-corrected chi connectivity index (χ2v) is 6.85. The molecular formula is C13H14N2O4S2. The summed E-state index contributed by atoms with van der Waals surface area (Å²) in [6.45, 7) is 1.82. The first-order valence-electron chi connectivity index (χ1n) is 5.90. The summed E-state index contributed by atoms with van der Waals surface area (Å²) in [4.78, 5) is 11.5. The van der Waals surface area contributed by atoms with Crippen molar-refractivity contribution in [2.24, 2.45) is 0 Å². The first kappa shape index (κ1) is 15.3. The molecule has 0 atom stereocenters. The molecule has 0 aliphatic carbocycles. The van der Waals surface area contributed by atoms with Gasteiger partial charge in [-0.05, 0) is 36.1 Å². The monoisotopic (exact) mass is 326 g/mol. The molecule has 112 valence electrons. The number of nitrogens with one attached hydrogen (secondary N) is 1. The molecule has 1 heterocycles. The summed E-state index contributed by atoms with van der Waals surface area (Å²) in [6, 6.07) is 6.20. The van der Waals surface area contributed by atoms with Crippen LogP contribution >= 0.6 is 11.3 Å². The SMILES string of the molecule is COC(=O)c1sccc1S(=O)(=O)Nc1ccc(C)c(N)c1. The predicted molar refractivity (Wildman–Crippen MR) is 82.1 cm³/mol. The number of hydrogen-bond donors (Lipinski definition) is 2. The van der Waals surface area contributed by atoms with Crippen LogP contribution in [0.4, 0.5) is 11.4 Å². The molecule has 0 radical (unpaired) electrons. The lowest BCUT2D eigenvalue weighted by molar-refractivity contribution is 0.0602. The molecule has 0 bridgehead atoms. The Morgan fingerprint density at radius 3 is 2.67 bits per heavy atom. The van der Waals surface area contributed by atoms with E-state index in [1.807, 2.05) is 6.92 Å². The molecule has 2 rings (SSSR count). The van der Waals surface area contributed by atoms with Gasteiger partial charge in [0.15, 0.2) is 0 Å². The summed E-state index contributed by atoms with van der Waals surface area (Å²) in [5.74, 6) is -0.686. The number of esters is 1. The largest absolute Gasteiger partial charge is 0.465 e. The maximum absolute atomic E-state index is 12.3. The van der Waals surface area contributed by atoms with Gasteiger partial charge in [0.05, 0.1) is 12.8 Å². The van der Waals surface area contributed by atoms with Gasteiger partial charge < -0.3 is 10.5 Å². The number of nitrogen functional groups attached to an aromatic ring is 1. The highest BCUT2D eigenvalue weighted by Gasteiger charge is 2.24. The molecule has 3 N–H and O–H groups in total. The fourth-order valence-corrected chi connectivity index (χ4v) is 4.05. The summed E-state index contributed by atoms with van der Waals surface area (Å²) < 4.78 is 31.7. The first-order chi connectivity index (χ1) is 9.85. The fourth-order valence-electron chi connectivity index (χ4n) is 1.66. The molecule has 8 heteroatoms. The van der Waals surface area contributed by atoms with Crippen molar-refractivity contribution in [3.05, 3.63) is 40.1 Å². The first-order valence-corrected chi connectivity index (χ1v) is 8.26. The number of methoxy groups -OCH3 is 1. The summed E-state index contributed by atoms with van der Waals surface area (Å²) >= 11 is 1.01. The zero-order valence-electron chi connectivity index (χ0n) is 11.4. The number of sulfonamides is 1. The van der Waals surface area contributed by atoms with Crippen molar-refractivity contribution in [1.82, 2.24) is 0 Å². The van der Waals surface area contributed by atoms with Gasteiger partial charge in [0.2, 0.25) is 0 Å². The van der Waals surface area contributed by atoms with Crippen molar-refractivity contribution >= 4 is 38.7 Å². The van der Waals surface area contributed by atoms with Gasteiger partial charge in [-0.2, -0.15) is 0 Å². The van der Waals surface area contributed by atoms with E-state index in [4.69, 9.17) is 5.73 Å². The van der Waals surface area contributed by atoms with Crippen LogP contribution in [0.3, 0.4) is 0 Å². The molecule has 0 aliphatic rings. The third-order valence-corrected chi connectivity index (χ3v) is 5.27. The minimum absolute atomic E-state index is 0.0325. The highest BCUT2D eigenvalue weighted by atomic mass is 32.2. The van der Waals surface area contributed by atoms with Gasteiger partial charge in [-0.3, -0.25) is 4.72 Å². The van der Waals surface area contributed by atoms with E-state index in [1.54, 1.807) is 12.1 Å². The Bertz CT molecular complexity index is 781. The zero-order chi connectivity index (χ0) is 15.6. The standard InChI is InChI=1S/C13H14N2O4S2/c1-8-3-4-9(7-10(8)14)15-21(17,18)11-5-6-20-12(11)13(16)19-2/h3-7,15H,14H2,1-2H3. The van der Waals surface area contributed by atoms with E-state index in [0.717, 1.165) is 16.9 Å². The van der Waals surface area contributed by atoms with E-state index in [1.165, 1.54) is 24.6 Å². The molecule has 1 aromatic carbocycles. The highest BCUT2D eigenvalue weighted by Crippen LogP contribution is 2.26. The molecule has 0 spiro atoms. The smallest absolute Gasteiger partial charge is 0.349 e. The molecule has 0 unspecified atom stereocenters. The minimum atomic E-state index is -3.88. The maximum atomic E-state index is 12.3. The van der Waals surface area contributed by atoms with Gasteiger partial charge in [-0.25, -0.2) is 13.2 Å². The van der Waals surface area contributed by atoms with Gasteiger partial charge >= 0.3 is 5.97 Å². The third kappa shape index (κ3) is 3.17. The Hall–Kier alpha value is -2.06. The Morgan fingerprint density at radius 2 is 2.05 bits per heavy atom. The van der Waals surface area contributed by atoms with Crippen molar-refractivity contribution in [1.29, 1.82) is 0 Å². The van der Waals surface area contributed by atoms with Gasteiger partial charge in [0, 0.05) is 5.69 Å². The van der Waals surface area contributed by atoms with Crippen LogP contribution in [0.15, 0.2) is 34.5 Å². The Kier molecular flexibility index (Phi) is 4.19. The van der Waals surface area contributed by atoms with Crippen molar-refractivity contribution in [2.75, 3.05) is 17.6 Å². The third-order valence-electron chi connectivity index (χ3n) is 2.82. The summed E-state index contributed by atoms with van der Waals surface area (Å²) in [7, 11) is -2.68. The number of thiophene rings is 1. The van der Waals surface area contributed by atoms with E-state index < -0.39 is 16.0 Å². The molecule has 0 fully saturated rings. The van der Waals surface area contributed by atoms with Crippen LogP contribution in [0.2, 0.25) is 0 Å². The maximum Gasteiger partial charge on any atom is 0.349 e. The van der Waals surface area contributed by atoms with Crippen LogP contribution in [0.25, 0.3) is 0 Å². The lowest BCUT2D eigenvalue weighted by Gasteiger charge is -2.09. The van der Waals surface area contributed by atoms with Crippen molar-refractivity contribution in [3.8, 4) is 0 Å². The van der Waals surface area contributed by atoms with Gasteiger partial charge in [-0.15, -0.1) is 11.3 Å². The molecule has 2 aromatic rings. The number of rotatable bonds is 4. The van der Waals surface area contributed by atoms with Gasteiger partial charge in [0.25, 0.3) is 10.0 Å². The molecule has 0 aliphatic heterocycles. The summed E-state index contributed by atoms with van der Waals surface area (Å²) in [5.41, 5.74) is 7.42. The van der Waals surface area contributed by atoms with Crippen molar-refractivity contribution in [2.45, 2.75) is 11.8 Å². The number of hydrogen-bond acceptors (Lipinski definition) is 6. The van der Waals surface area contributed by atoms with Crippen LogP contribution < -0.4 is 10.5 Å². The second kappa shape index (κ2) is 5.74. The molecular weight excluding hydrogens is 312 g/mol. The van der Waals surface area contributed by atoms with E-state index >= 15 is 0 Å². The molecule has 0 saturated carbocycles. The number of aryl methyl sites for hydroxylation is 1. The lowest BCUT2D eigenvalue weighted by atomic mass is 10.2. The Morgan fingerprint density at radius 1 is 1.33 bits per heavy atom. The summed E-state index contributed by atoms with van der Waals surface area (Å²) in [6.07, 6.45) is 0. The van der Waals surface area contributed by atoms with Crippen LogP contribution in [-0.4, -0.2) is 21.5 Å². The van der Waals surface area contributed by atoms with Crippen LogP contribution in [0, 0.1) is 6.92 Å². The van der Waals surface area contributed by atoms with Crippen LogP contribution in [0.5, 0.6) is 0 Å². The zero-order valence-corrected chi connectivity index (χ0v) is 13.0. The summed E-state index contributed by atoms with van der Waals surface area (Å²) in [5, 5.41) is 1.52. The molecule has 21 heavy (non-hydrogen) atoms. The quantitative estimate of drug-likeness (QED) is 0.663. The number of benzene rings is 1.